The number of aromatic amines is 1. The maximum Gasteiger partial charge on any atom is 0.0666 e. The van der Waals surface area contributed by atoms with Crippen molar-refractivity contribution in [3.05, 3.63) is 36.0 Å². The first-order valence-corrected chi connectivity index (χ1v) is 5.39. The molecule has 1 aromatic carbocycles. The predicted octanol–water partition coefficient (Wildman–Crippen LogP) is 2.46. The molecule has 2 rings (SSSR count). The van der Waals surface area contributed by atoms with Gasteiger partial charge in [0.15, 0.2) is 0 Å². The molecule has 2 heteroatoms. The lowest BCUT2D eigenvalue weighted by Gasteiger charge is -2.07. The van der Waals surface area contributed by atoms with Crippen LogP contribution in [0, 0.1) is 6.20 Å². The summed E-state index contributed by atoms with van der Waals surface area (Å²) in [6, 6.07) is 8.39. The van der Waals surface area contributed by atoms with Gasteiger partial charge in [0.05, 0.1) is 6.20 Å². The standard InChI is InChI=1S/C13H17N2/c1-15(2)9-5-6-11-10-14-13-8-4-3-7-12(11)13/h3-4,7-8,14H,5-6,9H2,1-2H3. The number of rotatable bonds is 4. The maximum absolute atomic E-state index is 3.24. The van der Waals surface area contributed by atoms with Gasteiger partial charge in [-0.1, -0.05) is 18.2 Å². The number of nitrogens with zero attached hydrogens (tertiary/aromatic N) is 1. The highest BCUT2D eigenvalue weighted by Gasteiger charge is 2.02. The number of para-hydroxylation sites is 1. The zero-order valence-corrected chi connectivity index (χ0v) is 9.38. The Morgan fingerprint density at radius 1 is 1.27 bits per heavy atom. The highest BCUT2D eigenvalue weighted by atomic mass is 15.0. The second kappa shape index (κ2) is 4.49. The Hall–Kier alpha value is -1.28. The quantitative estimate of drug-likeness (QED) is 0.805. The zero-order chi connectivity index (χ0) is 10.7. The van der Waals surface area contributed by atoms with Crippen molar-refractivity contribution in [2.24, 2.45) is 0 Å². The SMILES string of the molecule is CN(C)CCCc1[c][nH]c2ccccc12. The van der Waals surface area contributed by atoms with E-state index in [9.17, 15) is 0 Å². The molecular formula is C13H17N2. The van der Waals surface area contributed by atoms with E-state index in [0.717, 1.165) is 13.0 Å². The minimum atomic E-state index is 1.10. The molecule has 0 atom stereocenters. The maximum atomic E-state index is 3.24. The monoisotopic (exact) mass is 201 g/mol. The molecule has 2 nitrogen and oxygen atoms in total. The summed E-state index contributed by atoms with van der Waals surface area (Å²) in [6.07, 6.45) is 5.53. The van der Waals surface area contributed by atoms with E-state index in [1.54, 1.807) is 0 Å². The van der Waals surface area contributed by atoms with Crippen LogP contribution in [0.3, 0.4) is 0 Å². The molecule has 0 fully saturated rings. The van der Waals surface area contributed by atoms with Crippen LogP contribution in [0.5, 0.6) is 0 Å². The third-order valence-corrected chi connectivity index (χ3v) is 2.63. The molecule has 0 aliphatic carbocycles. The van der Waals surface area contributed by atoms with E-state index < -0.39 is 0 Å². The molecule has 0 unspecified atom stereocenters. The Morgan fingerprint density at radius 3 is 2.87 bits per heavy atom. The van der Waals surface area contributed by atoms with Gasteiger partial charge in [-0.2, -0.15) is 0 Å². The van der Waals surface area contributed by atoms with Crippen molar-refractivity contribution in [3.8, 4) is 0 Å². The van der Waals surface area contributed by atoms with Gasteiger partial charge in [-0.15, -0.1) is 0 Å². The van der Waals surface area contributed by atoms with Gasteiger partial charge in [0.1, 0.15) is 0 Å². The molecule has 1 radical (unpaired) electrons. The molecule has 0 aliphatic rings. The molecule has 15 heavy (non-hydrogen) atoms. The van der Waals surface area contributed by atoms with Gasteiger partial charge >= 0.3 is 0 Å². The topological polar surface area (TPSA) is 19.0 Å². The van der Waals surface area contributed by atoms with Gasteiger partial charge in [-0.3, -0.25) is 0 Å². The lowest BCUT2D eigenvalue weighted by atomic mass is 10.1. The van der Waals surface area contributed by atoms with E-state index in [2.05, 4.69) is 54.4 Å². The second-order valence-corrected chi connectivity index (χ2v) is 4.18. The van der Waals surface area contributed by atoms with Gasteiger partial charge in [0, 0.05) is 10.9 Å². The van der Waals surface area contributed by atoms with Gasteiger partial charge in [0.2, 0.25) is 0 Å². The van der Waals surface area contributed by atoms with Crippen LogP contribution in [0.15, 0.2) is 24.3 Å². The first-order chi connectivity index (χ1) is 7.27. The molecule has 1 aromatic heterocycles. The van der Waals surface area contributed by atoms with Crippen molar-refractivity contribution in [2.75, 3.05) is 20.6 Å². The Bertz CT molecular complexity index is 429. The molecule has 1 N–H and O–H groups in total. The summed E-state index contributed by atoms with van der Waals surface area (Å²) >= 11 is 0. The van der Waals surface area contributed by atoms with E-state index in [4.69, 9.17) is 0 Å². The second-order valence-electron chi connectivity index (χ2n) is 4.18. The van der Waals surface area contributed by atoms with Crippen LogP contribution in [0.4, 0.5) is 0 Å². The van der Waals surface area contributed by atoms with E-state index >= 15 is 0 Å². The average molecular weight is 201 g/mol. The number of nitrogens with one attached hydrogen (secondary N) is 1. The highest BCUT2D eigenvalue weighted by Crippen LogP contribution is 2.18. The Kier molecular flexibility index (Phi) is 3.07. The number of aryl methyl sites for hydroxylation is 1. The van der Waals surface area contributed by atoms with E-state index in [1.165, 1.54) is 22.9 Å². The zero-order valence-electron chi connectivity index (χ0n) is 9.38. The third-order valence-electron chi connectivity index (χ3n) is 2.63. The summed E-state index contributed by atoms with van der Waals surface area (Å²) in [4.78, 5) is 5.40. The van der Waals surface area contributed by atoms with Crippen LogP contribution in [-0.4, -0.2) is 30.5 Å². The van der Waals surface area contributed by atoms with E-state index in [1.807, 2.05) is 0 Å². The molecule has 0 bridgehead atoms. The first kappa shape index (κ1) is 10.2. The summed E-state index contributed by atoms with van der Waals surface area (Å²) < 4.78 is 0. The van der Waals surface area contributed by atoms with Crippen LogP contribution in [0.2, 0.25) is 0 Å². The Balaban J connectivity index is 2.08. The number of aromatic nitrogens is 1. The molecule has 0 aliphatic heterocycles. The third kappa shape index (κ3) is 2.39. The predicted molar refractivity (Wildman–Crippen MR) is 64.0 cm³/mol. The van der Waals surface area contributed by atoms with Gasteiger partial charge in [-0.05, 0) is 45.1 Å². The minimum absolute atomic E-state index is 1.10. The Morgan fingerprint density at radius 2 is 2.07 bits per heavy atom. The molecule has 1 heterocycles. The van der Waals surface area contributed by atoms with Crippen LogP contribution >= 0.6 is 0 Å². The van der Waals surface area contributed by atoms with Gasteiger partial charge in [0.25, 0.3) is 0 Å². The van der Waals surface area contributed by atoms with Crippen molar-refractivity contribution < 1.29 is 0 Å². The van der Waals surface area contributed by atoms with Gasteiger partial charge in [-0.25, -0.2) is 0 Å². The van der Waals surface area contributed by atoms with Crippen molar-refractivity contribution >= 4 is 10.9 Å². The summed E-state index contributed by atoms with van der Waals surface area (Å²) in [5.41, 5.74) is 2.50. The number of H-pyrrole nitrogens is 1. The average Bonchev–Trinajstić information content (AvgIpc) is 2.62. The summed E-state index contributed by atoms with van der Waals surface area (Å²) in [5, 5.41) is 1.32. The minimum Gasteiger partial charge on any atom is -0.353 e. The van der Waals surface area contributed by atoms with Crippen molar-refractivity contribution in [1.82, 2.24) is 9.88 Å². The molecular weight excluding hydrogens is 184 g/mol. The normalized spacial score (nSPS) is 11.4. The molecule has 0 saturated heterocycles. The number of hydrogen-bond donors (Lipinski definition) is 1. The van der Waals surface area contributed by atoms with Crippen molar-refractivity contribution in [1.29, 1.82) is 0 Å². The van der Waals surface area contributed by atoms with E-state index in [0.29, 0.717) is 0 Å². The Labute approximate surface area is 90.9 Å². The molecule has 0 saturated carbocycles. The van der Waals surface area contributed by atoms with Crippen molar-refractivity contribution in [3.63, 3.8) is 0 Å². The molecule has 79 valence electrons. The largest absolute Gasteiger partial charge is 0.353 e. The lowest BCUT2D eigenvalue weighted by Crippen LogP contribution is -2.13. The van der Waals surface area contributed by atoms with Gasteiger partial charge < -0.3 is 9.88 Å². The summed E-state index contributed by atoms with van der Waals surface area (Å²) in [5.74, 6) is 0. The highest BCUT2D eigenvalue weighted by molar-refractivity contribution is 5.82. The summed E-state index contributed by atoms with van der Waals surface area (Å²) in [7, 11) is 4.22. The fourth-order valence-corrected chi connectivity index (χ4v) is 1.83. The number of benzene rings is 1. The first-order valence-electron chi connectivity index (χ1n) is 5.39. The number of fused-ring (bicyclic) bond motifs is 1. The van der Waals surface area contributed by atoms with Crippen LogP contribution in [-0.2, 0) is 6.42 Å². The van der Waals surface area contributed by atoms with Crippen LogP contribution < -0.4 is 0 Å². The van der Waals surface area contributed by atoms with Crippen LogP contribution in [0.25, 0.3) is 10.9 Å². The fourth-order valence-electron chi connectivity index (χ4n) is 1.83. The molecule has 0 spiro atoms. The van der Waals surface area contributed by atoms with E-state index in [-0.39, 0.29) is 0 Å². The molecule has 0 amide bonds. The summed E-state index contributed by atoms with van der Waals surface area (Å²) in [6.45, 7) is 1.13. The molecule has 2 aromatic rings. The van der Waals surface area contributed by atoms with Crippen LogP contribution in [0.1, 0.15) is 12.0 Å². The lowest BCUT2D eigenvalue weighted by molar-refractivity contribution is 0.400. The smallest absolute Gasteiger partial charge is 0.0666 e. The van der Waals surface area contributed by atoms with Crippen molar-refractivity contribution in [2.45, 2.75) is 12.8 Å². The fraction of sp³-hybridized carbons (Fsp3) is 0.385. The number of hydrogen-bond acceptors (Lipinski definition) is 1.